The van der Waals surface area contributed by atoms with Crippen molar-refractivity contribution in [1.29, 1.82) is 0 Å². The van der Waals surface area contributed by atoms with Crippen molar-refractivity contribution in [2.45, 2.75) is 19.8 Å². The van der Waals surface area contributed by atoms with E-state index in [1.807, 2.05) is 13.1 Å². The predicted molar refractivity (Wildman–Crippen MR) is 64.2 cm³/mol. The number of rotatable bonds is 10. The zero-order valence-corrected chi connectivity index (χ0v) is 10.3. The molecular weight excluding hydrogens is 190 g/mol. The summed E-state index contributed by atoms with van der Waals surface area (Å²) in [6.45, 7) is 9.33. The zero-order valence-electron chi connectivity index (χ0n) is 10.3. The van der Waals surface area contributed by atoms with Crippen LogP contribution in [0.4, 0.5) is 0 Å². The molecule has 0 heterocycles. The molecule has 3 nitrogen and oxygen atoms in total. The minimum atomic E-state index is 0.135. The average Bonchev–Trinajstić information content (AvgIpc) is 2.24. The molecule has 1 unspecified atom stereocenters. The molecule has 0 aliphatic rings. The highest BCUT2D eigenvalue weighted by atomic mass is 16.5. The van der Waals surface area contributed by atoms with E-state index in [0.717, 1.165) is 39.2 Å². The summed E-state index contributed by atoms with van der Waals surface area (Å²) < 4.78 is 10.5. The van der Waals surface area contributed by atoms with Gasteiger partial charge >= 0.3 is 0 Å². The molecule has 0 fully saturated rings. The molecule has 0 aromatic carbocycles. The lowest BCUT2D eigenvalue weighted by molar-refractivity contribution is 0.0876. The Kier molecular flexibility index (Phi) is 8.67. The number of ether oxygens (including phenoxy) is 2. The standard InChI is InChI=1S/C12H25NO2/c1-5-12(2,11-13-3)7-10-15-9-6-8-14-4/h5,13H,1,6-11H2,2-4H3. The van der Waals surface area contributed by atoms with Gasteiger partial charge < -0.3 is 14.8 Å². The number of hydrogen-bond acceptors (Lipinski definition) is 3. The summed E-state index contributed by atoms with van der Waals surface area (Å²) in [7, 11) is 3.67. The van der Waals surface area contributed by atoms with Gasteiger partial charge in [0.15, 0.2) is 0 Å². The molecule has 0 radical (unpaired) electrons. The van der Waals surface area contributed by atoms with Crippen LogP contribution in [0.1, 0.15) is 19.8 Å². The molecule has 0 spiro atoms. The van der Waals surface area contributed by atoms with Crippen molar-refractivity contribution in [1.82, 2.24) is 5.32 Å². The summed E-state index contributed by atoms with van der Waals surface area (Å²) in [4.78, 5) is 0. The van der Waals surface area contributed by atoms with Gasteiger partial charge in [-0.25, -0.2) is 0 Å². The molecule has 0 saturated carbocycles. The normalized spacial score (nSPS) is 14.9. The third-order valence-corrected chi connectivity index (χ3v) is 2.53. The molecule has 0 saturated heterocycles. The molecule has 90 valence electrons. The fourth-order valence-electron chi connectivity index (χ4n) is 1.38. The van der Waals surface area contributed by atoms with Crippen LogP contribution in [0.3, 0.4) is 0 Å². The number of nitrogens with one attached hydrogen (secondary N) is 1. The van der Waals surface area contributed by atoms with Gasteiger partial charge in [0.2, 0.25) is 0 Å². The summed E-state index contributed by atoms with van der Waals surface area (Å²) >= 11 is 0. The summed E-state index contributed by atoms with van der Waals surface area (Å²) in [6, 6.07) is 0. The predicted octanol–water partition coefficient (Wildman–Crippen LogP) is 1.84. The van der Waals surface area contributed by atoms with Crippen LogP contribution in [0.2, 0.25) is 0 Å². The van der Waals surface area contributed by atoms with Crippen molar-refractivity contribution >= 4 is 0 Å². The molecular formula is C12H25NO2. The fourth-order valence-corrected chi connectivity index (χ4v) is 1.38. The van der Waals surface area contributed by atoms with Crippen molar-refractivity contribution in [3.63, 3.8) is 0 Å². The molecule has 0 aromatic rings. The van der Waals surface area contributed by atoms with Crippen molar-refractivity contribution < 1.29 is 9.47 Å². The van der Waals surface area contributed by atoms with Crippen LogP contribution in [0.5, 0.6) is 0 Å². The third-order valence-electron chi connectivity index (χ3n) is 2.53. The van der Waals surface area contributed by atoms with Gasteiger partial charge in [0.05, 0.1) is 0 Å². The lowest BCUT2D eigenvalue weighted by atomic mass is 9.87. The lowest BCUT2D eigenvalue weighted by Gasteiger charge is -2.25. The van der Waals surface area contributed by atoms with E-state index in [1.54, 1.807) is 7.11 Å². The molecule has 1 atom stereocenters. The van der Waals surface area contributed by atoms with Gasteiger partial charge in [-0.1, -0.05) is 13.0 Å². The Balaban J connectivity index is 3.50. The highest BCUT2D eigenvalue weighted by molar-refractivity contribution is 4.92. The highest BCUT2D eigenvalue weighted by Gasteiger charge is 2.18. The lowest BCUT2D eigenvalue weighted by Crippen LogP contribution is -2.29. The topological polar surface area (TPSA) is 30.5 Å². The number of hydrogen-bond donors (Lipinski definition) is 1. The summed E-state index contributed by atoms with van der Waals surface area (Å²) in [5, 5.41) is 3.17. The maximum Gasteiger partial charge on any atom is 0.0487 e. The second-order valence-corrected chi connectivity index (χ2v) is 4.10. The van der Waals surface area contributed by atoms with Gasteiger partial charge in [0.1, 0.15) is 0 Å². The molecule has 0 bridgehead atoms. The van der Waals surface area contributed by atoms with Gasteiger partial charge in [-0.2, -0.15) is 0 Å². The van der Waals surface area contributed by atoms with Crippen molar-refractivity contribution in [2.75, 3.05) is 40.5 Å². The van der Waals surface area contributed by atoms with Crippen molar-refractivity contribution in [2.24, 2.45) is 5.41 Å². The van der Waals surface area contributed by atoms with Crippen molar-refractivity contribution in [3.8, 4) is 0 Å². The second-order valence-electron chi connectivity index (χ2n) is 4.10. The van der Waals surface area contributed by atoms with E-state index < -0.39 is 0 Å². The molecule has 0 aliphatic carbocycles. The largest absolute Gasteiger partial charge is 0.385 e. The highest BCUT2D eigenvalue weighted by Crippen LogP contribution is 2.21. The first-order chi connectivity index (χ1) is 7.18. The van der Waals surface area contributed by atoms with Gasteiger partial charge in [0.25, 0.3) is 0 Å². The van der Waals surface area contributed by atoms with Crippen molar-refractivity contribution in [3.05, 3.63) is 12.7 Å². The van der Waals surface area contributed by atoms with Crippen LogP contribution in [-0.4, -0.2) is 40.5 Å². The number of methoxy groups -OCH3 is 1. The molecule has 0 rings (SSSR count). The SMILES string of the molecule is C=CC(C)(CCOCCCOC)CNC. The molecule has 3 heteroatoms. The van der Waals surface area contributed by atoms with Crippen LogP contribution >= 0.6 is 0 Å². The van der Waals surface area contributed by atoms with Gasteiger partial charge in [-0.05, 0) is 25.3 Å². The van der Waals surface area contributed by atoms with Gasteiger partial charge in [0, 0.05) is 33.5 Å². The minimum Gasteiger partial charge on any atom is -0.385 e. The van der Waals surface area contributed by atoms with E-state index in [2.05, 4.69) is 18.8 Å². The molecule has 0 aliphatic heterocycles. The van der Waals surface area contributed by atoms with E-state index in [-0.39, 0.29) is 5.41 Å². The van der Waals surface area contributed by atoms with E-state index in [4.69, 9.17) is 9.47 Å². The van der Waals surface area contributed by atoms with E-state index in [9.17, 15) is 0 Å². The van der Waals surface area contributed by atoms with Crippen LogP contribution < -0.4 is 5.32 Å². The van der Waals surface area contributed by atoms with Crippen LogP contribution in [0.25, 0.3) is 0 Å². The van der Waals surface area contributed by atoms with E-state index in [0.29, 0.717) is 0 Å². The monoisotopic (exact) mass is 215 g/mol. The Bertz CT molecular complexity index is 162. The average molecular weight is 215 g/mol. The second kappa shape index (κ2) is 8.89. The third kappa shape index (κ3) is 7.54. The summed E-state index contributed by atoms with van der Waals surface area (Å²) in [6.07, 6.45) is 3.97. The van der Waals surface area contributed by atoms with Crippen LogP contribution in [0.15, 0.2) is 12.7 Å². The first kappa shape index (κ1) is 14.6. The molecule has 1 N–H and O–H groups in total. The first-order valence-corrected chi connectivity index (χ1v) is 5.53. The van der Waals surface area contributed by atoms with Gasteiger partial charge in [-0.15, -0.1) is 6.58 Å². The van der Waals surface area contributed by atoms with Crippen LogP contribution in [0, 0.1) is 5.41 Å². The fraction of sp³-hybridized carbons (Fsp3) is 0.833. The van der Waals surface area contributed by atoms with Gasteiger partial charge in [-0.3, -0.25) is 0 Å². The molecule has 0 aromatic heterocycles. The Hall–Kier alpha value is -0.380. The summed E-state index contributed by atoms with van der Waals surface area (Å²) in [5.74, 6) is 0. The Morgan fingerprint density at radius 3 is 2.60 bits per heavy atom. The Morgan fingerprint density at radius 1 is 1.33 bits per heavy atom. The Labute approximate surface area is 93.8 Å². The first-order valence-electron chi connectivity index (χ1n) is 5.53. The maximum atomic E-state index is 5.52. The van der Waals surface area contributed by atoms with Crippen LogP contribution in [-0.2, 0) is 9.47 Å². The zero-order chi connectivity index (χ0) is 11.6. The minimum absolute atomic E-state index is 0.135. The van der Waals surface area contributed by atoms with E-state index in [1.165, 1.54) is 0 Å². The molecule has 15 heavy (non-hydrogen) atoms. The maximum absolute atomic E-state index is 5.52. The van der Waals surface area contributed by atoms with E-state index >= 15 is 0 Å². The summed E-state index contributed by atoms with van der Waals surface area (Å²) in [5.41, 5.74) is 0.135. The quantitative estimate of drug-likeness (QED) is 0.445. The smallest absolute Gasteiger partial charge is 0.0487 e. The molecule has 0 amide bonds. The Morgan fingerprint density at radius 2 is 2.07 bits per heavy atom.